The summed E-state index contributed by atoms with van der Waals surface area (Å²) in [6, 6.07) is 6.15. The van der Waals surface area contributed by atoms with Crippen LogP contribution in [0, 0.1) is 12.7 Å². The van der Waals surface area contributed by atoms with Crippen molar-refractivity contribution in [1.29, 1.82) is 0 Å². The van der Waals surface area contributed by atoms with E-state index in [0.29, 0.717) is 26.5 Å². The molecule has 3 rings (SSSR count). The first-order chi connectivity index (χ1) is 12.4. The number of aromatic nitrogens is 2. The summed E-state index contributed by atoms with van der Waals surface area (Å²) in [5.41, 5.74) is 0.309. The average Bonchev–Trinajstić information content (AvgIpc) is 2.94. The van der Waals surface area contributed by atoms with E-state index in [1.165, 1.54) is 23.9 Å². The Morgan fingerprint density at radius 1 is 1.38 bits per heavy atom. The average molecular weight is 392 g/mol. The lowest BCUT2D eigenvalue weighted by Crippen LogP contribution is -2.12. The minimum Gasteiger partial charge on any atom is -0.462 e. The summed E-state index contributed by atoms with van der Waals surface area (Å²) in [7, 11) is 0. The topological polar surface area (TPSA) is 72.0 Å². The number of nitrogens with zero attached hydrogens (tertiary/aromatic N) is 1. The second kappa shape index (κ2) is 7.59. The fraction of sp³-hybridized carbons (Fsp3) is 0.278. The minimum absolute atomic E-state index is 0.147. The van der Waals surface area contributed by atoms with Crippen molar-refractivity contribution in [3.05, 3.63) is 56.7 Å². The molecule has 0 aliphatic rings. The molecule has 1 aromatic carbocycles. The van der Waals surface area contributed by atoms with Gasteiger partial charge in [-0.25, -0.2) is 14.2 Å². The highest BCUT2D eigenvalue weighted by atomic mass is 32.2. The van der Waals surface area contributed by atoms with Crippen LogP contribution in [0.25, 0.3) is 10.2 Å². The van der Waals surface area contributed by atoms with E-state index in [0.717, 1.165) is 16.2 Å². The quantitative estimate of drug-likeness (QED) is 0.513. The standard InChI is InChI=1S/C18H17FN2O3S2/c1-4-24-18(23)14-9(2)13-16(22)20-15(21-17(13)26-14)10(3)25-12-7-5-11(19)6-8-12/h5-8,10H,4H2,1-3H3,(H,20,21,22)/t10-/m1/s1. The maximum Gasteiger partial charge on any atom is 0.348 e. The fourth-order valence-corrected chi connectivity index (χ4v) is 4.52. The molecule has 0 saturated carbocycles. The number of thioether (sulfide) groups is 1. The molecule has 136 valence electrons. The number of thiophene rings is 1. The van der Waals surface area contributed by atoms with Gasteiger partial charge in [0.25, 0.3) is 5.56 Å². The Kier molecular flexibility index (Phi) is 5.43. The first kappa shape index (κ1) is 18.6. The molecule has 0 aliphatic heterocycles. The third-order valence-corrected chi connectivity index (χ3v) is 6.08. The molecule has 8 heteroatoms. The number of rotatable bonds is 5. The molecule has 0 fully saturated rings. The highest BCUT2D eigenvalue weighted by Gasteiger charge is 2.21. The molecule has 0 bridgehead atoms. The number of benzene rings is 1. The molecular formula is C18H17FN2O3S2. The lowest BCUT2D eigenvalue weighted by molar-refractivity contribution is 0.0531. The predicted octanol–water partition coefficient (Wildman–Crippen LogP) is 4.46. The molecule has 0 amide bonds. The van der Waals surface area contributed by atoms with Crippen LogP contribution in [0.3, 0.4) is 0 Å². The van der Waals surface area contributed by atoms with Crippen LogP contribution in [-0.4, -0.2) is 22.5 Å². The lowest BCUT2D eigenvalue weighted by Gasteiger charge is -2.10. The Labute approximate surface area is 157 Å². The van der Waals surface area contributed by atoms with Crippen LogP contribution in [0.2, 0.25) is 0 Å². The Balaban J connectivity index is 1.96. The molecular weight excluding hydrogens is 375 g/mol. The van der Waals surface area contributed by atoms with E-state index in [2.05, 4.69) is 9.97 Å². The van der Waals surface area contributed by atoms with E-state index in [1.807, 2.05) is 6.92 Å². The van der Waals surface area contributed by atoms with Crippen molar-refractivity contribution < 1.29 is 13.9 Å². The smallest absolute Gasteiger partial charge is 0.348 e. The van der Waals surface area contributed by atoms with Gasteiger partial charge in [0.1, 0.15) is 21.3 Å². The molecule has 0 spiro atoms. The van der Waals surface area contributed by atoms with Gasteiger partial charge in [-0.15, -0.1) is 23.1 Å². The zero-order valence-corrected chi connectivity index (χ0v) is 16.1. The van der Waals surface area contributed by atoms with Crippen LogP contribution in [0.15, 0.2) is 34.0 Å². The maximum atomic E-state index is 13.0. The summed E-state index contributed by atoms with van der Waals surface area (Å²) in [6.07, 6.45) is 0. The number of hydrogen-bond acceptors (Lipinski definition) is 6. The summed E-state index contributed by atoms with van der Waals surface area (Å²) in [4.78, 5) is 33.7. The van der Waals surface area contributed by atoms with Gasteiger partial charge < -0.3 is 9.72 Å². The van der Waals surface area contributed by atoms with E-state index in [1.54, 1.807) is 26.0 Å². The van der Waals surface area contributed by atoms with E-state index in [-0.39, 0.29) is 23.2 Å². The van der Waals surface area contributed by atoms with Crippen molar-refractivity contribution in [2.24, 2.45) is 0 Å². The largest absolute Gasteiger partial charge is 0.462 e. The van der Waals surface area contributed by atoms with Gasteiger partial charge in [-0.3, -0.25) is 4.79 Å². The van der Waals surface area contributed by atoms with E-state index < -0.39 is 5.97 Å². The number of carbonyl (C=O) groups is 1. The molecule has 1 N–H and O–H groups in total. The van der Waals surface area contributed by atoms with Gasteiger partial charge in [-0.1, -0.05) is 0 Å². The van der Waals surface area contributed by atoms with Crippen LogP contribution in [0.1, 0.15) is 40.2 Å². The molecule has 0 saturated heterocycles. The van der Waals surface area contributed by atoms with E-state index in [9.17, 15) is 14.0 Å². The van der Waals surface area contributed by atoms with Gasteiger partial charge in [0.05, 0.1) is 17.2 Å². The molecule has 0 radical (unpaired) electrons. The summed E-state index contributed by atoms with van der Waals surface area (Å²) < 4.78 is 18.1. The number of halogens is 1. The van der Waals surface area contributed by atoms with Crippen LogP contribution in [0.4, 0.5) is 4.39 Å². The molecule has 2 aromatic heterocycles. The molecule has 0 aliphatic carbocycles. The predicted molar refractivity (Wildman–Crippen MR) is 102 cm³/mol. The highest BCUT2D eigenvalue weighted by Crippen LogP contribution is 2.34. The van der Waals surface area contributed by atoms with E-state index in [4.69, 9.17) is 4.74 Å². The van der Waals surface area contributed by atoms with Gasteiger partial charge in [0, 0.05) is 4.90 Å². The summed E-state index contributed by atoms with van der Waals surface area (Å²) in [5, 5.41) is 0.270. The number of H-pyrrole nitrogens is 1. The number of nitrogens with one attached hydrogen (secondary N) is 1. The maximum absolute atomic E-state index is 13.0. The van der Waals surface area contributed by atoms with Gasteiger partial charge in [-0.2, -0.15) is 0 Å². The zero-order chi connectivity index (χ0) is 18.8. The first-order valence-corrected chi connectivity index (χ1v) is 9.73. The lowest BCUT2D eigenvalue weighted by atomic mass is 10.2. The number of esters is 1. The molecule has 0 unspecified atom stereocenters. The Morgan fingerprint density at radius 2 is 2.08 bits per heavy atom. The normalized spacial score (nSPS) is 12.3. The number of ether oxygens (including phenoxy) is 1. The molecule has 2 heterocycles. The monoisotopic (exact) mass is 392 g/mol. The van der Waals surface area contributed by atoms with Gasteiger partial charge in [0.15, 0.2) is 0 Å². The third-order valence-electron chi connectivity index (χ3n) is 3.79. The molecule has 26 heavy (non-hydrogen) atoms. The van der Waals surface area contributed by atoms with Crippen molar-refractivity contribution in [3.8, 4) is 0 Å². The molecule has 1 atom stereocenters. The van der Waals surface area contributed by atoms with Crippen molar-refractivity contribution >= 4 is 39.3 Å². The van der Waals surface area contributed by atoms with Gasteiger partial charge in [-0.05, 0) is 50.6 Å². The number of aryl methyl sites for hydroxylation is 1. The van der Waals surface area contributed by atoms with Crippen LogP contribution in [0.5, 0.6) is 0 Å². The highest BCUT2D eigenvalue weighted by molar-refractivity contribution is 7.99. The minimum atomic E-state index is -0.442. The number of hydrogen-bond donors (Lipinski definition) is 1. The Morgan fingerprint density at radius 3 is 2.73 bits per heavy atom. The Hall–Kier alpha value is -2.19. The number of carbonyl (C=O) groups excluding carboxylic acids is 1. The van der Waals surface area contributed by atoms with Crippen molar-refractivity contribution in [2.45, 2.75) is 30.9 Å². The summed E-state index contributed by atoms with van der Waals surface area (Å²) in [6.45, 7) is 5.63. The molecule has 5 nitrogen and oxygen atoms in total. The van der Waals surface area contributed by atoms with Crippen molar-refractivity contribution in [3.63, 3.8) is 0 Å². The third kappa shape index (κ3) is 3.66. The van der Waals surface area contributed by atoms with E-state index >= 15 is 0 Å². The zero-order valence-electron chi connectivity index (χ0n) is 14.5. The van der Waals surface area contributed by atoms with Crippen molar-refractivity contribution in [1.82, 2.24) is 9.97 Å². The second-order valence-electron chi connectivity index (χ2n) is 5.62. The van der Waals surface area contributed by atoms with Gasteiger partial charge in [0.2, 0.25) is 0 Å². The molecule has 3 aromatic rings. The summed E-state index contributed by atoms with van der Waals surface area (Å²) >= 11 is 2.62. The fourth-order valence-electron chi connectivity index (χ4n) is 2.52. The van der Waals surface area contributed by atoms with Crippen LogP contribution >= 0.6 is 23.1 Å². The summed E-state index contributed by atoms with van der Waals surface area (Å²) in [5.74, 6) is -0.230. The van der Waals surface area contributed by atoms with Crippen molar-refractivity contribution in [2.75, 3.05) is 6.61 Å². The van der Waals surface area contributed by atoms with Crippen LogP contribution in [-0.2, 0) is 4.74 Å². The van der Waals surface area contributed by atoms with Crippen LogP contribution < -0.4 is 5.56 Å². The number of fused-ring (bicyclic) bond motifs is 1. The van der Waals surface area contributed by atoms with Gasteiger partial charge >= 0.3 is 5.97 Å². The second-order valence-corrected chi connectivity index (χ2v) is 8.04. The number of aromatic amines is 1. The first-order valence-electron chi connectivity index (χ1n) is 8.03. The SMILES string of the molecule is CCOC(=O)c1sc2nc([C@@H](C)Sc3ccc(F)cc3)[nH]c(=O)c2c1C. The Bertz CT molecular complexity index is 1010.